The maximum atomic E-state index is 13.7. The Hall–Kier alpha value is -2.66. The summed E-state index contributed by atoms with van der Waals surface area (Å²) in [7, 11) is 0. The predicted molar refractivity (Wildman–Crippen MR) is 99.4 cm³/mol. The highest BCUT2D eigenvalue weighted by molar-refractivity contribution is 6.41. The molecule has 0 aliphatic carbocycles. The lowest BCUT2D eigenvalue weighted by Crippen LogP contribution is -2.38. The molecule has 1 aliphatic rings. The quantitative estimate of drug-likeness (QED) is 0.637. The van der Waals surface area contributed by atoms with E-state index in [1.807, 2.05) is 0 Å². The lowest BCUT2D eigenvalue weighted by atomic mass is 10.0. The molecule has 3 rings (SSSR count). The number of hydrogen-bond donors (Lipinski definition) is 0. The molecule has 0 saturated carbocycles. The number of halogens is 2. The van der Waals surface area contributed by atoms with E-state index in [1.165, 1.54) is 12.1 Å². The van der Waals surface area contributed by atoms with Crippen LogP contribution in [0, 0.1) is 5.82 Å². The Labute approximate surface area is 155 Å². The topological polar surface area (TPSA) is 46.6 Å². The number of benzene rings is 2. The molecule has 0 spiro atoms. The highest BCUT2D eigenvalue weighted by atomic mass is 35.5. The fraction of sp³-hybridized carbons (Fsp3) is 0.200. The molecule has 0 unspecified atom stereocenters. The van der Waals surface area contributed by atoms with Crippen molar-refractivity contribution in [3.05, 3.63) is 64.4 Å². The molecule has 0 bridgehead atoms. The number of carbonyl (C=O) groups is 2. The van der Waals surface area contributed by atoms with Crippen LogP contribution in [-0.2, 0) is 9.53 Å². The molecular weight excluding hydrogens is 357 g/mol. The van der Waals surface area contributed by atoms with Gasteiger partial charge in [0, 0.05) is 10.6 Å². The molecule has 2 aromatic carbocycles. The number of rotatable bonds is 1. The Morgan fingerprint density at radius 2 is 1.92 bits per heavy atom. The van der Waals surface area contributed by atoms with Crippen LogP contribution in [0.1, 0.15) is 31.9 Å². The molecule has 2 amide bonds. The summed E-state index contributed by atoms with van der Waals surface area (Å²) in [5.74, 6) is -1.12. The number of carbonyl (C=O) groups excluding carboxylic acids is 2. The molecular formula is C20H17ClFNO3. The average Bonchev–Trinajstić information content (AvgIpc) is 2.77. The number of fused-ring (bicyclic) bond motifs is 1. The smallest absolute Gasteiger partial charge is 0.422 e. The van der Waals surface area contributed by atoms with E-state index in [0.29, 0.717) is 16.1 Å². The van der Waals surface area contributed by atoms with Crippen LogP contribution in [0.3, 0.4) is 0 Å². The number of hydrogen-bond acceptors (Lipinski definition) is 3. The fourth-order valence-corrected chi connectivity index (χ4v) is 2.85. The van der Waals surface area contributed by atoms with E-state index >= 15 is 0 Å². The van der Waals surface area contributed by atoms with Crippen LogP contribution < -0.4 is 4.90 Å². The van der Waals surface area contributed by atoms with Crippen LogP contribution in [0.25, 0.3) is 11.6 Å². The predicted octanol–water partition coefficient (Wildman–Crippen LogP) is 5.30. The Balaban J connectivity index is 2.09. The summed E-state index contributed by atoms with van der Waals surface area (Å²) in [4.78, 5) is 26.3. The summed E-state index contributed by atoms with van der Waals surface area (Å²) in [6.07, 6.45) is 0.777. The van der Waals surface area contributed by atoms with Gasteiger partial charge in [0.1, 0.15) is 11.4 Å². The second-order valence-electron chi connectivity index (χ2n) is 6.90. The minimum atomic E-state index is -0.844. The summed E-state index contributed by atoms with van der Waals surface area (Å²) in [5, 5.41) is 0.521. The van der Waals surface area contributed by atoms with E-state index in [9.17, 15) is 14.0 Å². The Bertz CT molecular complexity index is 931. The number of imide groups is 1. The van der Waals surface area contributed by atoms with Crippen molar-refractivity contribution in [1.29, 1.82) is 0 Å². The summed E-state index contributed by atoms with van der Waals surface area (Å²) in [6, 6.07) is 10.8. The van der Waals surface area contributed by atoms with Gasteiger partial charge in [-0.15, -0.1) is 0 Å². The molecule has 0 radical (unpaired) electrons. The largest absolute Gasteiger partial charge is 0.443 e. The first kappa shape index (κ1) is 18.1. The molecule has 6 heteroatoms. The number of ether oxygens (including phenoxy) is 1. The van der Waals surface area contributed by atoms with Crippen molar-refractivity contribution in [2.75, 3.05) is 4.90 Å². The van der Waals surface area contributed by atoms with Gasteiger partial charge in [-0.1, -0.05) is 23.7 Å². The van der Waals surface area contributed by atoms with Crippen molar-refractivity contribution >= 4 is 40.9 Å². The first-order valence-corrected chi connectivity index (χ1v) is 8.38. The van der Waals surface area contributed by atoms with Crippen LogP contribution in [-0.4, -0.2) is 17.6 Å². The van der Waals surface area contributed by atoms with Gasteiger partial charge >= 0.3 is 6.09 Å². The number of anilines is 1. The van der Waals surface area contributed by atoms with Crippen molar-refractivity contribution < 1.29 is 18.7 Å². The third kappa shape index (κ3) is 3.63. The summed E-state index contributed by atoms with van der Waals surface area (Å²) >= 11 is 5.99. The SMILES string of the molecule is CC(C)(C)OC(=O)N1C(=O)C(=Cc2cccc(Cl)c2)c2ccc(F)cc21. The van der Waals surface area contributed by atoms with Crippen molar-refractivity contribution in [2.45, 2.75) is 26.4 Å². The van der Waals surface area contributed by atoms with Crippen LogP contribution in [0.2, 0.25) is 5.02 Å². The highest BCUT2D eigenvalue weighted by Crippen LogP contribution is 2.39. The normalized spacial score (nSPS) is 15.3. The first-order valence-electron chi connectivity index (χ1n) is 8.00. The summed E-state index contributed by atoms with van der Waals surface area (Å²) in [5.41, 5.74) is 0.805. The van der Waals surface area contributed by atoms with Gasteiger partial charge in [-0.2, -0.15) is 0 Å². The van der Waals surface area contributed by atoms with E-state index in [1.54, 1.807) is 51.1 Å². The van der Waals surface area contributed by atoms with E-state index in [0.717, 1.165) is 11.0 Å². The molecule has 26 heavy (non-hydrogen) atoms. The third-order valence-electron chi connectivity index (χ3n) is 3.66. The highest BCUT2D eigenvalue weighted by Gasteiger charge is 2.39. The zero-order valence-corrected chi connectivity index (χ0v) is 15.3. The second-order valence-corrected chi connectivity index (χ2v) is 7.33. The van der Waals surface area contributed by atoms with Crippen molar-refractivity contribution in [2.24, 2.45) is 0 Å². The molecule has 134 valence electrons. The van der Waals surface area contributed by atoms with E-state index in [4.69, 9.17) is 16.3 Å². The average molecular weight is 374 g/mol. The fourth-order valence-electron chi connectivity index (χ4n) is 2.65. The standard InChI is InChI=1S/C20H17ClFNO3/c1-20(2,3)26-19(25)23-17-11-14(22)7-8-15(17)16(18(23)24)10-12-5-4-6-13(21)9-12/h4-11H,1-3H3. The van der Waals surface area contributed by atoms with Crippen LogP contribution in [0.5, 0.6) is 0 Å². The van der Waals surface area contributed by atoms with Crippen LogP contribution in [0.4, 0.5) is 14.9 Å². The minimum absolute atomic E-state index is 0.164. The Kier molecular flexibility index (Phi) is 4.59. The van der Waals surface area contributed by atoms with Gasteiger partial charge in [0.15, 0.2) is 0 Å². The van der Waals surface area contributed by atoms with Gasteiger partial charge in [0.05, 0.1) is 11.3 Å². The molecule has 2 aromatic rings. The molecule has 0 fully saturated rings. The minimum Gasteiger partial charge on any atom is -0.443 e. The first-order chi connectivity index (χ1) is 12.2. The van der Waals surface area contributed by atoms with Crippen molar-refractivity contribution in [3.8, 4) is 0 Å². The Morgan fingerprint density at radius 1 is 1.19 bits per heavy atom. The summed E-state index contributed by atoms with van der Waals surface area (Å²) < 4.78 is 19.0. The van der Waals surface area contributed by atoms with Crippen molar-refractivity contribution in [3.63, 3.8) is 0 Å². The zero-order valence-electron chi connectivity index (χ0n) is 14.5. The van der Waals surface area contributed by atoms with Gasteiger partial charge in [-0.3, -0.25) is 4.79 Å². The number of nitrogens with zero attached hydrogens (tertiary/aromatic N) is 1. The van der Waals surface area contributed by atoms with Gasteiger partial charge in [-0.05, 0) is 62.7 Å². The molecule has 0 N–H and O–H groups in total. The number of amides is 2. The van der Waals surface area contributed by atoms with Gasteiger partial charge < -0.3 is 4.74 Å². The molecule has 0 atom stereocenters. The van der Waals surface area contributed by atoms with Gasteiger partial charge in [0.2, 0.25) is 0 Å². The molecule has 0 aromatic heterocycles. The molecule has 4 nitrogen and oxygen atoms in total. The Morgan fingerprint density at radius 3 is 2.58 bits per heavy atom. The van der Waals surface area contributed by atoms with Crippen LogP contribution >= 0.6 is 11.6 Å². The van der Waals surface area contributed by atoms with Crippen LogP contribution in [0.15, 0.2) is 42.5 Å². The van der Waals surface area contributed by atoms with Crippen molar-refractivity contribution in [1.82, 2.24) is 0 Å². The molecule has 1 aliphatic heterocycles. The maximum absolute atomic E-state index is 13.7. The lowest BCUT2D eigenvalue weighted by molar-refractivity contribution is -0.112. The second kappa shape index (κ2) is 6.57. The zero-order chi connectivity index (χ0) is 19.1. The monoisotopic (exact) mass is 373 g/mol. The molecule has 1 heterocycles. The lowest BCUT2D eigenvalue weighted by Gasteiger charge is -2.23. The third-order valence-corrected chi connectivity index (χ3v) is 3.90. The maximum Gasteiger partial charge on any atom is 0.422 e. The summed E-state index contributed by atoms with van der Waals surface area (Å²) in [6.45, 7) is 5.09. The molecule has 0 saturated heterocycles. The van der Waals surface area contributed by atoms with Gasteiger partial charge in [-0.25, -0.2) is 14.1 Å². The van der Waals surface area contributed by atoms with Gasteiger partial charge in [0.25, 0.3) is 5.91 Å². The van der Waals surface area contributed by atoms with E-state index in [-0.39, 0.29) is 11.3 Å². The van der Waals surface area contributed by atoms with E-state index in [2.05, 4.69) is 0 Å². The van der Waals surface area contributed by atoms with E-state index < -0.39 is 23.4 Å².